The number of ether oxygens (including phenoxy) is 1. The number of hydrogen-bond acceptors (Lipinski definition) is 3. The van der Waals surface area contributed by atoms with Gasteiger partial charge in [0.2, 0.25) is 0 Å². The third-order valence-electron chi connectivity index (χ3n) is 3.92. The second kappa shape index (κ2) is 11.9. The summed E-state index contributed by atoms with van der Waals surface area (Å²) >= 11 is 0. The number of nitrogens with zero attached hydrogens (tertiary/aromatic N) is 2. The van der Waals surface area contributed by atoms with E-state index in [-0.39, 0.29) is 42.1 Å². The van der Waals surface area contributed by atoms with Crippen LogP contribution in [0.5, 0.6) is 5.75 Å². The van der Waals surface area contributed by atoms with Gasteiger partial charge in [0.05, 0.1) is 0 Å². The molecule has 10 heteroatoms. The minimum Gasteiger partial charge on any atom is -0.405 e. The Balaban J connectivity index is 0.00000450. The lowest BCUT2D eigenvalue weighted by Gasteiger charge is -2.16. The Morgan fingerprint density at radius 2 is 1.70 bits per heavy atom. The molecule has 0 aliphatic carbocycles. The van der Waals surface area contributed by atoms with Gasteiger partial charge in [0, 0.05) is 37.8 Å². The van der Waals surface area contributed by atoms with Crippen LogP contribution < -0.4 is 15.4 Å². The van der Waals surface area contributed by atoms with E-state index in [2.05, 4.69) is 20.4 Å². The van der Waals surface area contributed by atoms with Gasteiger partial charge in [-0.05, 0) is 37.9 Å². The van der Waals surface area contributed by atoms with Crippen LogP contribution >= 0.6 is 24.0 Å². The fraction of sp³-hybridized carbons (Fsp3) is 0.350. The van der Waals surface area contributed by atoms with Gasteiger partial charge in [-0.3, -0.25) is 4.99 Å². The van der Waals surface area contributed by atoms with Crippen LogP contribution in [0.2, 0.25) is 0 Å². The summed E-state index contributed by atoms with van der Waals surface area (Å²) in [5.74, 6) is -0.147. The molecule has 2 aromatic rings. The van der Waals surface area contributed by atoms with Gasteiger partial charge in [0.25, 0.3) is 0 Å². The van der Waals surface area contributed by atoms with Crippen LogP contribution in [0, 0.1) is 5.82 Å². The van der Waals surface area contributed by atoms with E-state index in [1.54, 1.807) is 25.2 Å². The minimum absolute atomic E-state index is 0. The number of hydrogen-bond donors (Lipinski definition) is 2. The Morgan fingerprint density at radius 3 is 2.33 bits per heavy atom. The molecule has 0 aliphatic heterocycles. The predicted octanol–water partition coefficient (Wildman–Crippen LogP) is 4.27. The minimum atomic E-state index is -4.76. The van der Waals surface area contributed by atoms with Crippen LogP contribution in [0.1, 0.15) is 16.7 Å². The van der Waals surface area contributed by atoms with Crippen LogP contribution in [0.15, 0.2) is 47.5 Å². The zero-order valence-electron chi connectivity index (χ0n) is 16.9. The molecule has 0 amide bonds. The topological polar surface area (TPSA) is 48.9 Å². The maximum Gasteiger partial charge on any atom is 0.573 e. The summed E-state index contributed by atoms with van der Waals surface area (Å²) in [7, 11) is 5.27. The van der Waals surface area contributed by atoms with Crippen molar-refractivity contribution >= 4 is 29.9 Å². The van der Waals surface area contributed by atoms with Crippen molar-refractivity contribution in [3.05, 3.63) is 65.0 Å². The Kier molecular flexibility index (Phi) is 10.3. The largest absolute Gasteiger partial charge is 0.573 e. The highest BCUT2D eigenvalue weighted by atomic mass is 127. The molecule has 0 fully saturated rings. The van der Waals surface area contributed by atoms with Gasteiger partial charge in [-0.25, -0.2) is 4.39 Å². The average molecular weight is 540 g/mol. The van der Waals surface area contributed by atoms with E-state index in [4.69, 9.17) is 0 Å². The van der Waals surface area contributed by atoms with Crippen molar-refractivity contribution < 1.29 is 22.3 Å². The van der Waals surface area contributed by atoms with Crippen molar-refractivity contribution in [2.75, 3.05) is 21.1 Å². The van der Waals surface area contributed by atoms with E-state index < -0.39 is 6.36 Å². The van der Waals surface area contributed by atoms with Gasteiger partial charge in [0.1, 0.15) is 11.6 Å². The summed E-state index contributed by atoms with van der Waals surface area (Å²) in [5, 5.41) is 6.01. The molecule has 0 aromatic heterocycles. The lowest BCUT2D eigenvalue weighted by atomic mass is 10.1. The normalized spacial score (nSPS) is 11.8. The average Bonchev–Trinajstić information content (AvgIpc) is 2.64. The van der Waals surface area contributed by atoms with Crippen molar-refractivity contribution in [2.45, 2.75) is 26.0 Å². The lowest BCUT2D eigenvalue weighted by molar-refractivity contribution is -0.274. The van der Waals surface area contributed by atoms with Crippen LogP contribution in [0.25, 0.3) is 0 Å². The zero-order valence-corrected chi connectivity index (χ0v) is 19.2. The molecule has 0 radical (unpaired) electrons. The van der Waals surface area contributed by atoms with Gasteiger partial charge < -0.3 is 20.3 Å². The molecule has 0 heterocycles. The SMILES string of the molecule is CN=C(NCc1ccc(F)c(CN(C)C)c1)NCc1ccccc1OC(F)(F)F.I. The maximum atomic E-state index is 13.9. The molecule has 0 unspecified atom stereocenters. The molecular formula is C20H25F4IN4O. The molecule has 166 valence electrons. The molecule has 0 atom stereocenters. The van der Waals surface area contributed by atoms with Gasteiger partial charge in [-0.1, -0.05) is 24.3 Å². The van der Waals surface area contributed by atoms with Crippen molar-refractivity contribution in [1.82, 2.24) is 15.5 Å². The van der Waals surface area contributed by atoms with Crippen molar-refractivity contribution in [3.8, 4) is 5.75 Å². The second-order valence-corrected chi connectivity index (χ2v) is 6.60. The van der Waals surface area contributed by atoms with Crippen molar-refractivity contribution in [3.63, 3.8) is 0 Å². The fourth-order valence-electron chi connectivity index (χ4n) is 2.66. The van der Waals surface area contributed by atoms with E-state index in [0.717, 1.165) is 5.56 Å². The highest BCUT2D eigenvalue weighted by Crippen LogP contribution is 2.26. The third-order valence-corrected chi connectivity index (χ3v) is 3.92. The molecule has 2 N–H and O–H groups in total. The summed E-state index contributed by atoms with van der Waals surface area (Å²) in [6.07, 6.45) is -4.76. The number of para-hydroxylation sites is 1. The molecule has 0 bridgehead atoms. The van der Waals surface area contributed by atoms with Gasteiger partial charge in [0.15, 0.2) is 5.96 Å². The first-order valence-electron chi connectivity index (χ1n) is 8.88. The van der Waals surface area contributed by atoms with E-state index in [1.807, 2.05) is 19.0 Å². The fourth-order valence-corrected chi connectivity index (χ4v) is 2.66. The van der Waals surface area contributed by atoms with Crippen LogP contribution in [0.4, 0.5) is 17.6 Å². The third kappa shape index (κ3) is 8.74. The number of benzene rings is 2. The Labute approximate surface area is 190 Å². The van der Waals surface area contributed by atoms with E-state index in [1.165, 1.54) is 24.3 Å². The Bertz CT molecular complexity index is 844. The van der Waals surface area contributed by atoms with E-state index in [9.17, 15) is 17.6 Å². The molecule has 0 spiro atoms. The highest BCUT2D eigenvalue weighted by Gasteiger charge is 2.31. The Hall–Kier alpha value is -2.08. The summed E-state index contributed by atoms with van der Waals surface area (Å²) < 4.78 is 55.5. The number of rotatable bonds is 7. The number of nitrogens with one attached hydrogen (secondary N) is 2. The summed E-state index contributed by atoms with van der Waals surface area (Å²) in [4.78, 5) is 5.93. The molecule has 2 aromatic carbocycles. The number of guanidine groups is 1. The van der Waals surface area contributed by atoms with Gasteiger partial charge in [-0.15, -0.1) is 37.1 Å². The molecule has 0 aliphatic rings. The van der Waals surface area contributed by atoms with Crippen molar-refractivity contribution in [2.24, 2.45) is 4.99 Å². The van der Waals surface area contributed by atoms with Gasteiger partial charge >= 0.3 is 6.36 Å². The smallest absolute Gasteiger partial charge is 0.405 e. The van der Waals surface area contributed by atoms with E-state index in [0.29, 0.717) is 30.2 Å². The van der Waals surface area contributed by atoms with Crippen LogP contribution in [-0.2, 0) is 19.6 Å². The predicted molar refractivity (Wildman–Crippen MR) is 119 cm³/mol. The molecule has 5 nitrogen and oxygen atoms in total. The number of alkyl halides is 3. The molecule has 0 saturated heterocycles. The molecule has 0 saturated carbocycles. The molecule has 2 rings (SSSR count). The first-order valence-corrected chi connectivity index (χ1v) is 8.88. The number of halogens is 5. The van der Waals surface area contributed by atoms with Crippen LogP contribution in [0.3, 0.4) is 0 Å². The summed E-state index contributed by atoms with van der Waals surface area (Å²) in [5.41, 5.74) is 1.77. The highest BCUT2D eigenvalue weighted by molar-refractivity contribution is 14.0. The van der Waals surface area contributed by atoms with Gasteiger partial charge in [-0.2, -0.15) is 0 Å². The quantitative estimate of drug-likeness (QED) is 0.239. The standard InChI is InChI=1S/C20H24F4N4O.HI/c1-25-19(26-11-14-8-9-17(21)16(10-14)13-28(2)3)27-12-15-6-4-5-7-18(15)29-20(22,23)24;/h4-10H,11-13H2,1-3H3,(H2,25,26,27);1H. The monoisotopic (exact) mass is 540 g/mol. The summed E-state index contributed by atoms with van der Waals surface area (Å²) in [6.45, 7) is 0.935. The lowest BCUT2D eigenvalue weighted by Crippen LogP contribution is -2.36. The maximum absolute atomic E-state index is 13.9. The van der Waals surface area contributed by atoms with Crippen molar-refractivity contribution in [1.29, 1.82) is 0 Å². The molecule has 30 heavy (non-hydrogen) atoms. The Morgan fingerprint density at radius 1 is 1.03 bits per heavy atom. The second-order valence-electron chi connectivity index (χ2n) is 6.60. The molecular weight excluding hydrogens is 515 g/mol. The number of aliphatic imine (C=N–C) groups is 1. The summed E-state index contributed by atoms with van der Waals surface area (Å²) in [6, 6.07) is 10.7. The first kappa shape index (κ1) is 26.0. The van der Waals surface area contributed by atoms with E-state index >= 15 is 0 Å². The van der Waals surface area contributed by atoms with Crippen LogP contribution in [-0.4, -0.2) is 38.4 Å². The zero-order chi connectivity index (χ0) is 21.4. The first-order chi connectivity index (χ1) is 13.7.